The van der Waals surface area contributed by atoms with Crippen molar-refractivity contribution in [1.29, 1.82) is 0 Å². The second-order valence-electron chi connectivity index (χ2n) is 5.46. The summed E-state index contributed by atoms with van der Waals surface area (Å²) >= 11 is 0. The molecule has 0 saturated heterocycles. The molecule has 0 fully saturated rings. The van der Waals surface area contributed by atoms with Crippen LogP contribution in [0.4, 0.5) is 0 Å². The van der Waals surface area contributed by atoms with E-state index in [4.69, 9.17) is 18.4 Å². The van der Waals surface area contributed by atoms with Crippen molar-refractivity contribution >= 4 is 11.9 Å². The molecule has 0 atom stereocenters. The third kappa shape index (κ3) is 4.97. The molecule has 1 amide bonds. The zero-order chi connectivity index (χ0) is 19.1. The zero-order valence-corrected chi connectivity index (χ0v) is 14.6. The Morgan fingerprint density at radius 2 is 1.96 bits per heavy atom. The number of rotatable bonds is 8. The van der Waals surface area contributed by atoms with E-state index in [1.54, 1.807) is 42.5 Å². The highest BCUT2D eigenvalue weighted by atomic mass is 16.5. The van der Waals surface area contributed by atoms with Crippen molar-refractivity contribution < 1.29 is 28.0 Å². The lowest BCUT2D eigenvalue weighted by molar-refractivity contribution is -0.143. The zero-order valence-electron chi connectivity index (χ0n) is 14.6. The highest BCUT2D eigenvalue weighted by Crippen LogP contribution is 2.20. The van der Waals surface area contributed by atoms with Crippen LogP contribution in [0, 0.1) is 0 Å². The van der Waals surface area contributed by atoms with Crippen molar-refractivity contribution in [1.82, 2.24) is 10.5 Å². The van der Waals surface area contributed by atoms with Crippen LogP contribution < -0.4 is 10.1 Å². The highest BCUT2D eigenvalue weighted by Gasteiger charge is 2.12. The van der Waals surface area contributed by atoms with Gasteiger partial charge in [-0.25, -0.2) is 0 Å². The van der Waals surface area contributed by atoms with E-state index in [-0.39, 0.29) is 19.1 Å². The molecule has 1 N–H and O–H groups in total. The Morgan fingerprint density at radius 3 is 2.67 bits per heavy atom. The molecule has 3 aromatic rings. The van der Waals surface area contributed by atoms with Gasteiger partial charge in [0.25, 0.3) is 5.91 Å². The molecule has 0 bridgehead atoms. The number of benzene rings is 1. The number of esters is 1. The van der Waals surface area contributed by atoms with Gasteiger partial charge in [-0.3, -0.25) is 9.59 Å². The molecule has 2 heterocycles. The molecule has 8 heteroatoms. The standard InChI is InChI=1S/C19H18N2O6/c1-2-24-15-7-5-13(6-8-15)19(23)20-11-18(22)26-12-14-10-17(27-21-14)16-4-3-9-25-16/h3-10H,2,11-12H2,1H3,(H,20,23). The van der Waals surface area contributed by atoms with Crippen molar-refractivity contribution in [2.75, 3.05) is 13.2 Å². The summed E-state index contributed by atoms with van der Waals surface area (Å²) in [7, 11) is 0. The number of nitrogens with zero attached hydrogens (tertiary/aromatic N) is 1. The average molecular weight is 370 g/mol. The van der Waals surface area contributed by atoms with Gasteiger partial charge in [-0.05, 0) is 43.3 Å². The number of amides is 1. The predicted octanol–water partition coefficient (Wildman–Crippen LogP) is 2.81. The van der Waals surface area contributed by atoms with Crippen LogP contribution in [0.15, 0.2) is 57.7 Å². The fourth-order valence-corrected chi connectivity index (χ4v) is 2.24. The summed E-state index contributed by atoms with van der Waals surface area (Å²) in [6, 6.07) is 11.7. The molecule has 27 heavy (non-hydrogen) atoms. The number of carbonyl (C=O) groups is 2. The quantitative estimate of drug-likeness (QED) is 0.608. The Labute approximate surface area is 155 Å². The molecule has 8 nitrogen and oxygen atoms in total. The van der Waals surface area contributed by atoms with E-state index in [1.165, 1.54) is 6.26 Å². The van der Waals surface area contributed by atoms with Gasteiger partial charge < -0.3 is 23.7 Å². The maximum atomic E-state index is 12.0. The lowest BCUT2D eigenvalue weighted by Gasteiger charge is -2.06. The third-order valence-electron chi connectivity index (χ3n) is 3.52. The molecule has 1 aromatic carbocycles. The largest absolute Gasteiger partial charge is 0.494 e. The SMILES string of the molecule is CCOc1ccc(C(=O)NCC(=O)OCc2cc(-c3ccco3)on2)cc1. The Kier molecular flexibility index (Phi) is 5.88. The molecule has 0 spiro atoms. The van der Waals surface area contributed by atoms with Gasteiger partial charge in [0.05, 0.1) is 12.9 Å². The minimum atomic E-state index is -0.586. The third-order valence-corrected chi connectivity index (χ3v) is 3.52. The Balaban J connectivity index is 1.43. The molecule has 0 saturated carbocycles. The fraction of sp³-hybridized carbons (Fsp3) is 0.211. The summed E-state index contributed by atoms with van der Waals surface area (Å²) in [5, 5.41) is 6.30. The van der Waals surface area contributed by atoms with Crippen LogP contribution in [-0.2, 0) is 16.1 Å². The van der Waals surface area contributed by atoms with E-state index in [0.717, 1.165) is 0 Å². The molecular weight excluding hydrogens is 352 g/mol. The first-order chi connectivity index (χ1) is 13.2. The van der Waals surface area contributed by atoms with Gasteiger partial charge in [-0.15, -0.1) is 0 Å². The lowest BCUT2D eigenvalue weighted by atomic mass is 10.2. The van der Waals surface area contributed by atoms with Crippen molar-refractivity contribution in [2.45, 2.75) is 13.5 Å². The van der Waals surface area contributed by atoms with E-state index < -0.39 is 5.97 Å². The minimum Gasteiger partial charge on any atom is -0.494 e. The average Bonchev–Trinajstić information content (AvgIpc) is 3.37. The molecule has 3 rings (SSSR count). The molecule has 140 valence electrons. The molecular formula is C19H18N2O6. The minimum absolute atomic E-state index is 0.0675. The van der Waals surface area contributed by atoms with Crippen LogP contribution in [0.25, 0.3) is 11.5 Å². The Bertz CT molecular complexity index is 883. The number of aromatic nitrogens is 1. The van der Waals surface area contributed by atoms with E-state index in [1.807, 2.05) is 6.92 Å². The molecule has 0 aliphatic heterocycles. The second-order valence-corrected chi connectivity index (χ2v) is 5.46. The number of hydrogen-bond acceptors (Lipinski definition) is 7. The summed E-state index contributed by atoms with van der Waals surface area (Å²) in [6.07, 6.45) is 1.52. The van der Waals surface area contributed by atoms with E-state index >= 15 is 0 Å². The first-order valence-corrected chi connectivity index (χ1v) is 8.32. The van der Waals surface area contributed by atoms with E-state index in [9.17, 15) is 9.59 Å². The molecule has 0 unspecified atom stereocenters. The van der Waals surface area contributed by atoms with Gasteiger partial charge in [0.2, 0.25) is 5.76 Å². The topological polar surface area (TPSA) is 104 Å². The van der Waals surface area contributed by atoms with Gasteiger partial charge >= 0.3 is 5.97 Å². The normalized spacial score (nSPS) is 10.4. The molecule has 2 aromatic heterocycles. The first-order valence-electron chi connectivity index (χ1n) is 8.32. The maximum absolute atomic E-state index is 12.0. The number of nitrogens with one attached hydrogen (secondary N) is 1. The van der Waals surface area contributed by atoms with Gasteiger partial charge in [-0.1, -0.05) is 5.16 Å². The summed E-state index contributed by atoms with van der Waals surface area (Å²) in [6.45, 7) is 2.10. The Hall–Kier alpha value is -3.55. The van der Waals surface area contributed by atoms with Crippen LogP contribution in [0.5, 0.6) is 5.75 Å². The van der Waals surface area contributed by atoms with Gasteiger partial charge in [0.15, 0.2) is 5.76 Å². The van der Waals surface area contributed by atoms with Crippen molar-refractivity contribution in [3.63, 3.8) is 0 Å². The van der Waals surface area contributed by atoms with E-state index in [0.29, 0.717) is 35.1 Å². The van der Waals surface area contributed by atoms with Crippen LogP contribution in [-0.4, -0.2) is 30.2 Å². The van der Waals surface area contributed by atoms with Crippen LogP contribution in [0.1, 0.15) is 23.0 Å². The monoisotopic (exact) mass is 370 g/mol. The Morgan fingerprint density at radius 1 is 1.15 bits per heavy atom. The fourth-order valence-electron chi connectivity index (χ4n) is 2.24. The number of furan rings is 1. The highest BCUT2D eigenvalue weighted by molar-refractivity contribution is 5.96. The maximum Gasteiger partial charge on any atom is 0.325 e. The van der Waals surface area contributed by atoms with Gasteiger partial charge in [-0.2, -0.15) is 0 Å². The number of ether oxygens (including phenoxy) is 2. The van der Waals surface area contributed by atoms with Crippen molar-refractivity contribution in [3.05, 3.63) is 60.0 Å². The predicted molar refractivity (Wildman–Crippen MR) is 93.9 cm³/mol. The summed E-state index contributed by atoms with van der Waals surface area (Å²) in [5.74, 6) is 0.681. The van der Waals surface area contributed by atoms with Crippen molar-refractivity contribution in [3.8, 4) is 17.3 Å². The van der Waals surface area contributed by atoms with E-state index in [2.05, 4.69) is 10.5 Å². The lowest BCUT2D eigenvalue weighted by Crippen LogP contribution is -2.30. The second kappa shape index (κ2) is 8.70. The summed E-state index contributed by atoms with van der Waals surface area (Å²) in [5.41, 5.74) is 0.860. The van der Waals surface area contributed by atoms with Gasteiger partial charge in [0.1, 0.15) is 24.6 Å². The summed E-state index contributed by atoms with van der Waals surface area (Å²) < 4.78 is 20.7. The number of carbonyl (C=O) groups excluding carboxylic acids is 2. The van der Waals surface area contributed by atoms with Crippen LogP contribution in [0.3, 0.4) is 0 Å². The molecule has 0 aliphatic rings. The van der Waals surface area contributed by atoms with Crippen LogP contribution >= 0.6 is 0 Å². The number of hydrogen-bond donors (Lipinski definition) is 1. The summed E-state index contributed by atoms with van der Waals surface area (Å²) in [4.78, 5) is 23.8. The van der Waals surface area contributed by atoms with Crippen LogP contribution in [0.2, 0.25) is 0 Å². The smallest absolute Gasteiger partial charge is 0.325 e. The molecule has 0 radical (unpaired) electrons. The first kappa shape index (κ1) is 18.2. The van der Waals surface area contributed by atoms with Gasteiger partial charge in [0, 0.05) is 11.6 Å². The molecule has 0 aliphatic carbocycles. The van der Waals surface area contributed by atoms with Crippen molar-refractivity contribution in [2.24, 2.45) is 0 Å².